The monoisotopic (exact) mass is 546 g/mol. The van der Waals surface area contributed by atoms with E-state index in [0.29, 0.717) is 12.2 Å². The zero-order valence-corrected chi connectivity index (χ0v) is 21.8. The Morgan fingerprint density at radius 1 is 1.00 bits per heavy atom. The predicted octanol–water partition coefficient (Wildman–Crippen LogP) is 5.31. The maximum atomic E-state index is 13.4. The van der Waals surface area contributed by atoms with Crippen LogP contribution in [-0.4, -0.2) is 33.2 Å². The molecule has 1 amide bonds. The first-order chi connectivity index (χ1) is 15.8. The van der Waals surface area contributed by atoms with Gasteiger partial charge in [0, 0.05) is 22.5 Å². The fourth-order valence-corrected chi connectivity index (χ4v) is 5.92. The lowest BCUT2D eigenvalue weighted by atomic mass is 10.1. The molecule has 0 spiro atoms. The van der Waals surface area contributed by atoms with Crippen LogP contribution in [0.15, 0.2) is 82.2 Å². The molecule has 0 heterocycles. The van der Waals surface area contributed by atoms with Gasteiger partial charge < -0.3 is 5.32 Å². The van der Waals surface area contributed by atoms with Crippen molar-refractivity contribution in [2.24, 2.45) is 0 Å². The summed E-state index contributed by atoms with van der Waals surface area (Å²) in [6, 6.07) is 21.8. The van der Waals surface area contributed by atoms with Crippen LogP contribution in [0.3, 0.4) is 0 Å². The van der Waals surface area contributed by atoms with Crippen LogP contribution >= 0.6 is 27.7 Å². The fourth-order valence-electron chi connectivity index (χ4n) is 3.19. The molecule has 0 aromatic heterocycles. The highest BCUT2D eigenvalue weighted by Gasteiger charge is 2.27. The summed E-state index contributed by atoms with van der Waals surface area (Å²) in [7, 11) is -3.91. The average molecular weight is 548 g/mol. The molecule has 0 aliphatic rings. The molecule has 0 radical (unpaired) electrons. The standard InChI is InChI=1S/C25H27BrN2O3S2/c1-19-10-12-24(13-11-19)33(30,31)28(23-9-5-8-22(26)16-23)17-25(29)27-14-15-32-18-21-7-4-3-6-20(21)2/h3-13,16H,14-15,17-18H2,1-2H3,(H,27,29). The van der Waals surface area contributed by atoms with E-state index in [1.807, 2.05) is 25.1 Å². The van der Waals surface area contributed by atoms with Gasteiger partial charge in [-0.1, -0.05) is 64.0 Å². The molecular formula is C25H27BrN2O3S2. The van der Waals surface area contributed by atoms with Gasteiger partial charge in [-0.2, -0.15) is 11.8 Å². The number of hydrogen-bond donors (Lipinski definition) is 1. The number of sulfonamides is 1. The zero-order valence-electron chi connectivity index (χ0n) is 18.6. The third-order valence-electron chi connectivity index (χ3n) is 5.08. The molecule has 0 saturated heterocycles. The number of anilines is 1. The van der Waals surface area contributed by atoms with E-state index in [2.05, 4.69) is 40.3 Å². The summed E-state index contributed by atoms with van der Waals surface area (Å²) in [6.07, 6.45) is 0. The lowest BCUT2D eigenvalue weighted by Gasteiger charge is -2.24. The average Bonchev–Trinajstić information content (AvgIpc) is 2.78. The Balaban J connectivity index is 1.65. The highest BCUT2D eigenvalue weighted by atomic mass is 79.9. The first kappa shape index (κ1) is 25.3. The van der Waals surface area contributed by atoms with Gasteiger partial charge in [0.15, 0.2) is 0 Å². The van der Waals surface area contributed by atoms with Crippen LogP contribution in [0.5, 0.6) is 0 Å². The molecule has 3 aromatic rings. The first-order valence-electron chi connectivity index (χ1n) is 10.5. The summed E-state index contributed by atoms with van der Waals surface area (Å²) in [6.45, 7) is 4.15. The molecule has 3 aromatic carbocycles. The molecular weight excluding hydrogens is 520 g/mol. The second-order valence-electron chi connectivity index (χ2n) is 7.63. The van der Waals surface area contributed by atoms with E-state index >= 15 is 0 Å². The second-order valence-corrected chi connectivity index (χ2v) is 11.5. The van der Waals surface area contributed by atoms with Crippen LogP contribution in [0.25, 0.3) is 0 Å². The molecule has 0 aliphatic heterocycles. The van der Waals surface area contributed by atoms with Crippen LogP contribution in [0.1, 0.15) is 16.7 Å². The topological polar surface area (TPSA) is 66.5 Å². The molecule has 0 saturated carbocycles. The number of benzene rings is 3. The first-order valence-corrected chi connectivity index (χ1v) is 13.9. The summed E-state index contributed by atoms with van der Waals surface area (Å²) in [4.78, 5) is 12.8. The molecule has 174 valence electrons. The number of aryl methyl sites for hydroxylation is 2. The van der Waals surface area contributed by atoms with Crippen molar-refractivity contribution >= 4 is 49.3 Å². The molecule has 5 nitrogen and oxygen atoms in total. The van der Waals surface area contributed by atoms with E-state index in [9.17, 15) is 13.2 Å². The van der Waals surface area contributed by atoms with E-state index in [0.717, 1.165) is 25.8 Å². The Morgan fingerprint density at radius 2 is 1.73 bits per heavy atom. The van der Waals surface area contributed by atoms with E-state index < -0.39 is 10.0 Å². The van der Waals surface area contributed by atoms with Crippen molar-refractivity contribution in [3.05, 3.63) is 94.0 Å². The lowest BCUT2D eigenvalue weighted by molar-refractivity contribution is -0.119. The van der Waals surface area contributed by atoms with E-state index in [1.54, 1.807) is 54.2 Å². The van der Waals surface area contributed by atoms with Gasteiger partial charge >= 0.3 is 0 Å². The summed E-state index contributed by atoms with van der Waals surface area (Å²) in [5.74, 6) is 1.26. The Kier molecular flexibility index (Phi) is 9.00. The number of nitrogens with zero attached hydrogens (tertiary/aromatic N) is 1. The summed E-state index contributed by atoms with van der Waals surface area (Å²) >= 11 is 5.12. The molecule has 3 rings (SSSR count). The van der Waals surface area contributed by atoms with Gasteiger partial charge in [0.05, 0.1) is 10.6 Å². The van der Waals surface area contributed by atoms with Gasteiger partial charge in [-0.15, -0.1) is 0 Å². The van der Waals surface area contributed by atoms with Gasteiger partial charge in [-0.05, 0) is 55.3 Å². The number of rotatable bonds is 10. The van der Waals surface area contributed by atoms with Gasteiger partial charge in [-0.25, -0.2) is 8.42 Å². The van der Waals surface area contributed by atoms with Gasteiger partial charge in [0.1, 0.15) is 6.54 Å². The van der Waals surface area contributed by atoms with Crippen molar-refractivity contribution in [3.8, 4) is 0 Å². The molecule has 0 aliphatic carbocycles. The largest absolute Gasteiger partial charge is 0.354 e. The minimum Gasteiger partial charge on any atom is -0.354 e. The Hall–Kier alpha value is -2.29. The van der Waals surface area contributed by atoms with Gasteiger partial charge in [-0.3, -0.25) is 9.10 Å². The van der Waals surface area contributed by atoms with Crippen LogP contribution in [0.4, 0.5) is 5.69 Å². The molecule has 0 fully saturated rings. The molecule has 8 heteroatoms. The van der Waals surface area contributed by atoms with Crippen LogP contribution in [-0.2, 0) is 20.6 Å². The third kappa shape index (κ3) is 7.09. The van der Waals surface area contributed by atoms with E-state index in [4.69, 9.17) is 0 Å². The number of nitrogens with one attached hydrogen (secondary N) is 1. The van der Waals surface area contributed by atoms with E-state index in [1.165, 1.54) is 11.1 Å². The van der Waals surface area contributed by atoms with Gasteiger partial charge in [0.2, 0.25) is 5.91 Å². The number of hydrogen-bond acceptors (Lipinski definition) is 4. The van der Waals surface area contributed by atoms with Crippen LogP contribution in [0.2, 0.25) is 0 Å². The third-order valence-corrected chi connectivity index (χ3v) is 8.37. The fraction of sp³-hybridized carbons (Fsp3) is 0.240. The zero-order chi connectivity index (χ0) is 23.8. The molecule has 33 heavy (non-hydrogen) atoms. The minimum absolute atomic E-state index is 0.148. The molecule has 1 N–H and O–H groups in total. The Bertz CT molecular complexity index is 1200. The van der Waals surface area contributed by atoms with Crippen molar-refractivity contribution in [1.29, 1.82) is 0 Å². The Labute approximate surface area is 208 Å². The van der Waals surface area contributed by atoms with Crippen LogP contribution < -0.4 is 9.62 Å². The smallest absolute Gasteiger partial charge is 0.264 e. The highest BCUT2D eigenvalue weighted by molar-refractivity contribution is 9.10. The maximum absolute atomic E-state index is 13.4. The Morgan fingerprint density at radius 3 is 2.42 bits per heavy atom. The number of carbonyl (C=O) groups excluding carboxylic acids is 1. The predicted molar refractivity (Wildman–Crippen MR) is 140 cm³/mol. The number of halogens is 1. The number of thioether (sulfide) groups is 1. The van der Waals surface area contributed by atoms with Crippen molar-refractivity contribution in [2.45, 2.75) is 24.5 Å². The molecule has 0 unspecified atom stereocenters. The normalized spacial score (nSPS) is 11.2. The van der Waals surface area contributed by atoms with Crippen molar-refractivity contribution in [3.63, 3.8) is 0 Å². The quantitative estimate of drug-likeness (QED) is 0.350. The van der Waals surface area contributed by atoms with Crippen LogP contribution in [0, 0.1) is 13.8 Å². The minimum atomic E-state index is -3.91. The SMILES string of the molecule is Cc1ccc(S(=O)(=O)N(CC(=O)NCCSCc2ccccc2C)c2cccc(Br)c2)cc1. The van der Waals surface area contributed by atoms with Crippen molar-refractivity contribution in [2.75, 3.05) is 23.1 Å². The summed E-state index contributed by atoms with van der Waals surface area (Å²) < 4.78 is 28.6. The number of amides is 1. The molecule has 0 bridgehead atoms. The lowest BCUT2D eigenvalue weighted by Crippen LogP contribution is -2.41. The van der Waals surface area contributed by atoms with Crippen molar-refractivity contribution in [1.82, 2.24) is 5.32 Å². The molecule has 0 atom stereocenters. The summed E-state index contributed by atoms with van der Waals surface area (Å²) in [5.41, 5.74) is 3.91. The maximum Gasteiger partial charge on any atom is 0.264 e. The van der Waals surface area contributed by atoms with E-state index in [-0.39, 0.29) is 17.3 Å². The summed E-state index contributed by atoms with van der Waals surface area (Å²) in [5, 5.41) is 2.85. The number of carbonyl (C=O) groups is 1. The van der Waals surface area contributed by atoms with Gasteiger partial charge in [0.25, 0.3) is 10.0 Å². The van der Waals surface area contributed by atoms with Crippen molar-refractivity contribution < 1.29 is 13.2 Å². The second kappa shape index (κ2) is 11.7. The highest BCUT2D eigenvalue weighted by Crippen LogP contribution is 2.26.